The van der Waals surface area contributed by atoms with Crippen LogP contribution < -0.4 is 0 Å². The lowest BCUT2D eigenvalue weighted by molar-refractivity contribution is 0.104. The maximum Gasteiger partial charge on any atom is 0.185 e. The molecule has 0 atom stereocenters. The second-order valence-electron chi connectivity index (χ2n) is 5.10. The van der Waals surface area contributed by atoms with E-state index in [0.717, 1.165) is 22.2 Å². The van der Waals surface area contributed by atoms with Crippen LogP contribution in [0.25, 0.3) is 23.1 Å². The predicted octanol–water partition coefficient (Wildman–Crippen LogP) is 5.43. The van der Waals surface area contributed by atoms with Crippen molar-refractivity contribution in [3.8, 4) is 0 Å². The van der Waals surface area contributed by atoms with Crippen LogP contribution in [0.15, 0.2) is 67.3 Å². The molecule has 0 aliphatic rings. The van der Waals surface area contributed by atoms with Crippen LogP contribution in [0.2, 0.25) is 5.02 Å². The molecular weight excluding hydrogens is 306 g/mol. The van der Waals surface area contributed by atoms with E-state index in [1.807, 2.05) is 60.7 Å². The summed E-state index contributed by atoms with van der Waals surface area (Å²) in [6.45, 7) is 3.51. The van der Waals surface area contributed by atoms with Crippen LogP contribution in [0.5, 0.6) is 0 Å². The van der Waals surface area contributed by atoms with Gasteiger partial charge < -0.3 is 0 Å². The van der Waals surface area contributed by atoms with E-state index in [0.29, 0.717) is 10.6 Å². The first kappa shape index (κ1) is 15.2. The van der Waals surface area contributed by atoms with Gasteiger partial charge in [0.2, 0.25) is 0 Å². The predicted molar refractivity (Wildman–Crippen MR) is 96.7 cm³/mol. The number of carbonyl (C=O) groups is 1. The Bertz CT molecular complexity index is 928. The lowest BCUT2D eigenvalue weighted by atomic mass is 10.1. The third-order valence-corrected chi connectivity index (χ3v) is 3.71. The van der Waals surface area contributed by atoms with Gasteiger partial charge in [-0.3, -0.25) is 4.79 Å². The second kappa shape index (κ2) is 6.59. The van der Waals surface area contributed by atoms with Gasteiger partial charge in [-0.15, -0.1) is 0 Å². The molecule has 2 nitrogen and oxygen atoms in total. The summed E-state index contributed by atoms with van der Waals surface area (Å²) < 4.78 is 0. The van der Waals surface area contributed by atoms with Crippen LogP contribution in [0.1, 0.15) is 21.6 Å². The van der Waals surface area contributed by atoms with Gasteiger partial charge in [0.1, 0.15) is 0 Å². The minimum atomic E-state index is -0.0845. The number of pyridine rings is 1. The third-order valence-electron chi connectivity index (χ3n) is 3.48. The Kier molecular flexibility index (Phi) is 4.35. The minimum absolute atomic E-state index is 0.0845. The molecule has 3 heteroatoms. The van der Waals surface area contributed by atoms with Crippen molar-refractivity contribution >= 4 is 40.4 Å². The zero-order valence-corrected chi connectivity index (χ0v) is 13.1. The number of ketones is 1. The fourth-order valence-corrected chi connectivity index (χ4v) is 2.46. The maximum atomic E-state index is 11.7. The van der Waals surface area contributed by atoms with Gasteiger partial charge >= 0.3 is 0 Å². The van der Waals surface area contributed by atoms with Crippen molar-refractivity contribution in [3.05, 3.63) is 89.1 Å². The standard InChI is InChI=1S/C20H14ClNO/c1-2-20(23)16-5-3-4-14(12-16)6-10-18-11-8-15-7-9-17(21)13-19(15)22-18/h2-13H,1H2/b10-6+. The highest BCUT2D eigenvalue weighted by molar-refractivity contribution is 6.31. The number of rotatable bonds is 4. The van der Waals surface area contributed by atoms with Crippen molar-refractivity contribution in [1.82, 2.24) is 4.98 Å². The summed E-state index contributed by atoms with van der Waals surface area (Å²) in [4.78, 5) is 16.2. The van der Waals surface area contributed by atoms with Crippen molar-refractivity contribution in [2.24, 2.45) is 0 Å². The molecule has 0 spiro atoms. The summed E-state index contributed by atoms with van der Waals surface area (Å²) >= 11 is 6.01. The molecule has 3 rings (SSSR count). The molecule has 2 aromatic carbocycles. The third kappa shape index (κ3) is 3.55. The van der Waals surface area contributed by atoms with Crippen molar-refractivity contribution in [3.63, 3.8) is 0 Å². The van der Waals surface area contributed by atoms with E-state index in [1.165, 1.54) is 6.08 Å². The number of hydrogen-bond acceptors (Lipinski definition) is 2. The van der Waals surface area contributed by atoms with E-state index in [1.54, 1.807) is 6.07 Å². The quantitative estimate of drug-likeness (QED) is 0.474. The van der Waals surface area contributed by atoms with Crippen LogP contribution in [0.4, 0.5) is 0 Å². The molecule has 0 aliphatic carbocycles. The van der Waals surface area contributed by atoms with E-state index in [-0.39, 0.29) is 5.78 Å². The zero-order chi connectivity index (χ0) is 16.2. The van der Waals surface area contributed by atoms with Crippen molar-refractivity contribution in [1.29, 1.82) is 0 Å². The molecule has 112 valence electrons. The fourth-order valence-electron chi connectivity index (χ4n) is 2.29. The van der Waals surface area contributed by atoms with Gasteiger partial charge in [-0.05, 0) is 42.0 Å². The number of aromatic nitrogens is 1. The number of allylic oxidation sites excluding steroid dienone is 1. The number of halogens is 1. The Labute approximate surface area is 139 Å². The van der Waals surface area contributed by atoms with Gasteiger partial charge in [0, 0.05) is 16.0 Å². The van der Waals surface area contributed by atoms with Crippen molar-refractivity contribution in [2.45, 2.75) is 0 Å². The molecule has 0 N–H and O–H groups in total. The first-order valence-corrected chi connectivity index (χ1v) is 7.55. The summed E-state index contributed by atoms with van der Waals surface area (Å²) in [5, 5.41) is 1.71. The Morgan fingerprint density at radius 3 is 2.70 bits per heavy atom. The number of hydrogen-bond donors (Lipinski definition) is 0. The summed E-state index contributed by atoms with van der Waals surface area (Å²) in [6, 6.07) is 17.0. The molecule has 1 heterocycles. The van der Waals surface area contributed by atoms with Gasteiger partial charge in [-0.25, -0.2) is 4.98 Å². The average molecular weight is 320 g/mol. The Morgan fingerprint density at radius 1 is 1.04 bits per heavy atom. The van der Waals surface area contributed by atoms with Crippen LogP contribution in [-0.4, -0.2) is 10.8 Å². The molecule has 0 bridgehead atoms. The van der Waals surface area contributed by atoms with Gasteiger partial charge in [0.25, 0.3) is 0 Å². The Hall–Kier alpha value is -2.71. The van der Waals surface area contributed by atoms with E-state index in [9.17, 15) is 4.79 Å². The molecule has 0 fully saturated rings. The van der Waals surface area contributed by atoms with E-state index >= 15 is 0 Å². The maximum absolute atomic E-state index is 11.7. The molecule has 3 aromatic rings. The molecule has 0 saturated carbocycles. The highest BCUT2D eigenvalue weighted by Gasteiger charge is 2.01. The van der Waals surface area contributed by atoms with Crippen LogP contribution in [0.3, 0.4) is 0 Å². The average Bonchev–Trinajstić information content (AvgIpc) is 2.59. The number of carbonyl (C=O) groups excluding carboxylic acids is 1. The Morgan fingerprint density at radius 2 is 1.87 bits per heavy atom. The van der Waals surface area contributed by atoms with Gasteiger partial charge in [0.15, 0.2) is 5.78 Å². The molecule has 23 heavy (non-hydrogen) atoms. The smallest absolute Gasteiger partial charge is 0.185 e. The number of nitrogens with zero attached hydrogens (tertiary/aromatic N) is 1. The van der Waals surface area contributed by atoms with Gasteiger partial charge in [-0.2, -0.15) is 0 Å². The topological polar surface area (TPSA) is 30.0 Å². The Balaban J connectivity index is 1.90. The summed E-state index contributed by atoms with van der Waals surface area (Å²) in [5.41, 5.74) is 3.25. The largest absolute Gasteiger partial charge is 0.289 e. The SMILES string of the molecule is C=CC(=O)c1cccc(/C=C/c2ccc3ccc(Cl)cc3n2)c1. The van der Waals surface area contributed by atoms with E-state index in [2.05, 4.69) is 11.6 Å². The first-order valence-electron chi connectivity index (χ1n) is 7.17. The number of benzene rings is 2. The highest BCUT2D eigenvalue weighted by atomic mass is 35.5. The molecule has 0 radical (unpaired) electrons. The molecule has 0 amide bonds. The second-order valence-corrected chi connectivity index (χ2v) is 5.54. The van der Waals surface area contributed by atoms with Gasteiger partial charge in [0.05, 0.1) is 11.2 Å². The van der Waals surface area contributed by atoms with Crippen molar-refractivity contribution < 1.29 is 4.79 Å². The number of fused-ring (bicyclic) bond motifs is 1. The monoisotopic (exact) mass is 319 g/mol. The molecule has 0 aliphatic heterocycles. The van der Waals surface area contributed by atoms with Crippen LogP contribution >= 0.6 is 11.6 Å². The lowest BCUT2D eigenvalue weighted by Gasteiger charge is -2.01. The summed E-state index contributed by atoms with van der Waals surface area (Å²) in [6.07, 6.45) is 5.16. The van der Waals surface area contributed by atoms with Crippen LogP contribution in [0, 0.1) is 0 Å². The van der Waals surface area contributed by atoms with Gasteiger partial charge in [-0.1, -0.05) is 54.6 Å². The van der Waals surface area contributed by atoms with Crippen LogP contribution in [-0.2, 0) is 0 Å². The minimum Gasteiger partial charge on any atom is -0.289 e. The zero-order valence-electron chi connectivity index (χ0n) is 12.4. The molecule has 0 unspecified atom stereocenters. The van der Waals surface area contributed by atoms with E-state index < -0.39 is 0 Å². The van der Waals surface area contributed by atoms with Crippen molar-refractivity contribution in [2.75, 3.05) is 0 Å². The fraction of sp³-hybridized carbons (Fsp3) is 0. The molecule has 1 aromatic heterocycles. The highest BCUT2D eigenvalue weighted by Crippen LogP contribution is 2.19. The normalized spacial score (nSPS) is 11.0. The van der Waals surface area contributed by atoms with E-state index in [4.69, 9.17) is 11.6 Å². The molecule has 0 saturated heterocycles. The summed E-state index contributed by atoms with van der Waals surface area (Å²) in [5.74, 6) is -0.0845. The summed E-state index contributed by atoms with van der Waals surface area (Å²) in [7, 11) is 0. The molecular formula is C20H14ClNO. The first-order chi connectivity index (χ1) is 11.2. The lowest BCUT2D eigenvalue weighted by Crippen LogP contribution is -1.93.